The van der Waals surface area contributed by atoms with Crippen molar-refractivity contribution < 1.29 is 9.47 Å². The Balaban J connectivity index is 1.44. The van der Waals surface area contributed by atoms with Gasteiger partial charge in [0.2, 0.25) is 5.88 Å². The molecule has 0 atom stereocenters. The van der Waals surface area contributed by atoms with Crippen LogP contribution in [0.5, 0.6) is 11.6 Å². The number of thioether (sulfide) groups is 1. The maximum Gasteiger partial charge on any atom is 0.227 e. The molecule has 7 heteroatoms. The van der Waals surface area contributed by atoms with Crippen LogP contribution < -0.4 is 9.64 Å². The van der Waals surface area contributed by atoms with Crippen LogP contribution in [0, 0.1) is 0 Å². The van der Waals surface area contributed by atoms with Gasteiger partial charge >= 0.3 is 0 Å². The lowest BCUT2D eigenvalue weighted by molar-refractivity contribution is 0.0410. The fourth-order valence-corrected chi connectivity index (χ4v) is 5.00. The largest absolute Gasteiger partial charge is 0.438 e. The molecule has 0 unspecified atom stereocenters. The molecule has 3 heterocycles. The summed E-state index contributed by atoms with van der Waals surface area (Å²) in [6, 6.07) is 16.5. The quantitative estimate of drug-likeness (QED) is 0.321. The third-order valence-electron chi connectivity index (χ3n) is 5.87. The smallest absolute Gasteiger partial charge is 0.227 e. The molecule has 0 spiro atoms. The van der Waals surface area contributed by atoms with E-state index in [1.165, 1.54) is 5.56 Å². The van der Waals surface area contributed by atoms with Gasteiger partial charge in [-0.15, -0.1) is 11.8 Å². The number of fused-ring (bicyclic) bond motifs is 2. The number of para-hydroxylation sites is 1. The normalized spacial score (nSPS) is 15.6. The number of ether oxygens (including phenoxy) is 2. The molecule has 6 nitrogen and oxygen atoms in total. The molecule has 0 aliphatic carbocycles. The zero-order valence-electron chi connectivity index (χ0n) is 18.6. The molecule has 0 radical (unpaired) electrons. The third-order valence-corrected chi connectivity index (χ3v) is 6.87. The second kappa shape index (κ2) is 9.48. The minimum Gasteiger partial charge on any atom is -0.438 e. The van der Waals surface area contributed by atoms with Gasteiger partial charge < -0.3 is 14.4 Å². The summed E-state index contributed by atoms with van der Waals surface area (Å²) in [6.07, 6.45) is 0.797. The van der Waals surface area contributed by atoms with Crippen molar-refractivity contribution in [2.45, 2.75) is 11.4 Å². The van der Waals surface area contributed by atoms with Crippen molar-refractivity contribution in [3.05, 3.63) is 59.7 Å². The number of hydrogen-bond donors (Lipinski definition) is 0. The number of benzene rings is 2. The van der Waals surface area contributed by atoms with E-state index in [4.69, 9.17) is 19.4 Å². The van der Waals surface area contributed by atoms with E-state index in [9.17, 15) is 0 Å². The monoisotopic (exact) mass is 448 g/mol. The Morgan fingerprint density at radius 1 is 1.00 bits per heavy atom. The lowest BCUT2D eigenvalue weighted by atomic mass is 10.0. The highest BCUT2D eigenvalue weighted by Crippen LogP contribution is 2.40. The molecular weight excluding hydrogens is 420 g/mol. The first-order chi connectivity index (χ1) is 15.7. The van der Waals surface area contributed by atoms with Crippen molar-refractivity contribution in [1.29, 1.82) is 0 Å². The van der Waals surface area contributed by atoms with Crippen molar-refractivity contribution in [2.24, 2.45) is 0 Å². The fraction of sp³-hybridized carbons (Fsp3) is 0.360. The molecule has 3 aromatic rings. The molecule has 1 aromatic heterocycles. The average Bonchev–Trinajstić information content (AvgIpc) is 2.83. The van der Waals surface area contributed by atoms with E-state index >= 15 is 0 Å². The van der Waals surface area contributed by atoms with Gasteiger partial charge in [-0.2, -0.15) is 4.98 Å². The van der Waals surface area contributed by atoms with E-state index in [1.54, 1.807) is 11.8 Å². The summed E-state index contributed by atoms with van der Waals surface area (Å²) in [6.45, 7) is 4.68. The van der Waals surface area contributed by atoms with Gasteiger partial charge in [-0.3, -0.25) is 4.90 Å². The fourth-order valence-electron chi connectivity index (χ4n) is 3.98. The predicted molar refractivity (Wildman–Crippen MR) is 129 cm³/mol. The third kappa shape index (κ3) is 4.60. The summed E-state index contributed by atoms with van der Waals surface area (Å²) in [5.74, 6) is 3.25. The Bertz CT molecular complexity index is 1080. The SMILES string of the molecule is CN(C)c1ccc(-c2nc3c(c(SCCN4CCOCC4)n2)Cc2ccccc2O3)cc1. The lowest BCUT2D eigenvalue weighted by Crippen LogP contribution is -2.37. The van der Waals surface area contributed by atoms with Crippen molar-refractivity contribution in [3.8, 4) is 23.0 Å². The molecule has 0 amide bonds. The Kier molecular flexibility index (Phi) is 6.30. The van der Waals surface area contributed by atoms with Crippen molar-refractivity contribution in [3.63, 3.8) is 0 Å². The van der Waals surface area contributed by atoms with Crippen LogP contribution in [-0.4, -0.2) is 67.6 Å². The van der Waals surface area contributed by atoms with Gasteiger partial charge in [0.1, 0.15) is 10.8 Å². The zero-order valence-corrected chi connectivity index (χ0v) is 19.4. The highest BCUT2D eigenvalue weighted by Gasteiger charge is 2.24. The number of hydrogen-bond acceptors (Lipinski definition) is 7. The van der Waals surface area contributed by atoms with E-state index in [0.29, 0.717) is 11.7 Å². The van der Waals surface area contributed by atoms with E-state index in [0.717, 1.165) is 72.6 Å². The molecule has 0 N–H and O–H groups in total. The van der Waals surface area contributed by atoms with Gasteiger partial charge in [-0.1, -0.05) is 18.2 Å². The van der Waals surface area contributed by atoms with Crippen LogP contribution in [0.1, 0.15) is 11.1 Å². The number of anilines is 1. The predicted octanol–water partition coefficient (Wildman–Crippen LogP) is 4.33. The van der Waals surface area contributed by atoms with Crippen molar-refractivity contribution in [1.82, 2.24) is 14.9 Å². The van der Waals surface area contributed by atoms with Crippen LogP contribution in [0.3, 0.4) is 0 Å². The molecule has 2 aromatic carbocycles. The first-order valence-electron chi connectivity index (χ1n) is 11.0. The molecule has 1 fully saturated rings. The van der Waals surface area contributed by atoms with E-state index in [1.807, 2.05) is 26.2 Å². The molecule has 32 heavy (non-hydrogen) atoms. The van der Waals surface area contributed by atoms with Crippen LogP contribution in [-0.2, 0) is 11.2 Å². The Hall–Kier alpha value is -2.61. The molecule has 0 saturated carbocycles. The molecular formula is C25H28N4O2S. The Labute approximate surface area is 193 Å². The summed E-state index contributed by atoms with van der Waals surface area (Å²) < 4.78 is 11.7. The van der Waals surface area contributed by atoms with Crippen LogP contribution in [0.2, 0.25) is 0 Å². The molecule has 2 aliphatic rings. The van der Waals surface area contributed by atoms with Gasteiger partial charge in [0.15, 0.2) is 5.82 Å². The summed E-state index contributed by atoms with van der Waals surface area (Å²) in [4.78, 5) is 14.4. The highest BCUT2D eigenvalue weighted by atomic mass is 32.2. The summed E-state index contributed by atoms with van der Waals surface area (Å²) in [5, 5.41) is 1.02. The Morgan fingerprint density at radius 2 is 1.78 bits per heavy atom. The molecule has 166 valence electrons. The van der Waals surface area contributed by atoms with E-state index < -0.39 is 0 Å². The number of rotatable bonds is 6. The van der Waals surface area contributed by atoms with Crippen LogP contribution in [0.15, 0.2) is 53.6 Å². The maximum absolute atomic E-state index is 6.24. The maximum atomic E-state index is 6.24. The highest BCUT2D eigenvalue weighted by molar-refractivity contribution is 7.99. The summed E-state index contributed by atoms with van der Waals surface area (Å²) in [7, 11) is 4.08. The average molecular weight is 449 g/mol. The standard InChI is InChI=1S/C25H28N4O2S/c1-28(2)20-9-7-18(8-10-20)23-26-24-21(17-19-5-3-4-6-22(19)31-24)25(27-23)32-16-13-29-11-14-30-15-12-29/h3-10H,11-17H2,1-2H3. The molecule has 0 bridgehead atoms. The lowest BCUT2D eigenvalue weighted by Gasteiger charge is -2.26. The van der Waals surface area contributed by atoms with Crippen LogP contribution in [0.25, 0.3) is 11.4 Å². The minimum atomic E-state index is 0.680. The van der Waals surface area contributed by atoms with Crippen molar-refractivity contribution in [2.75, 3.05) is 57.6 Å². The minimum absolute atomic E-state index is 0.680. The van der Waals surface area contributed by atoms with Gasteiger partial charge in [-0.05, 0) is 35.9 Å². The van der Waals surface area contributed by atoms with Crippen LogP contribution >= 0.6 is 11.8 Å². The summed E-state index contributed by atoms with van der Waals surface area (Å²) in [5.41, 5.74) is 4.42. The molecule has 2 aliphatic heterocycles. The van der Waals surface area contributed by atoms with Gasteiger partial charge in [-0.25, -0.2) is 4.98 Å². The van der Waals surface area contributed by atoms with E-state index in [-0.39, 0.29) is 0 Å². The zero-order chi connectivity index (χ0) is 21.9. The van der Waals surface area contributed by atoms with Crippen molar-refractivity contribution >= 4 is 17.4 Å². The second-order valence-corrected chi connectivity index (χ2v) is 9.35. The molecule has 5 rings (SSSR count). The Morgan fingerprint density at radius 3 is 2.56 bits per heavy atom. The van der Waals surface area contributed by atoms with Crippen LogP contribution in [0.4, 0.5) is 5.69 Å². The number of nitrogens with zero attached hydrogens (tertiary/aromatic N) is 4. The van der Waals surface area contributed by atoms with Gasteiger partial charge in [0.05, 0.1) is 18.8 Å². The number of aromatic nitrogens is 2. The molecule has 1 saturated heterocycles. The van der Waals surface area contributed by atoms with Gasteiger partial charge in [0, 0.05) is 57.2 Å². The first kappa shape index (κ1) is 21.2. The first-order valence-corrected chi connectivity index (χ1v) is 12.0. The second-order valence-electron chi connectivity index (χ2n) is 8.27. The topological polar surface area (TPSA) is 50.7 Å². The summed E-state index contributed by atoms with van der Waals surface area (Å²) >= 11 is 1.80. The van der Waals surface area contributed by atoms with Gasteiger partial charge in [0.25, 0.3) is 0 Å². The van der Waals surface area contributed by atoms with E-state index in [2.05, 4.69) is 46.2 Å². The number of morpholine rings is 1.